The zero-order valence-corrected chi connectivity index (χ0v) is 10.1. The topological polar surface area (TPSA) is 50.9 Å². The van der Waals surface area contributed by atoms with Crippen molar-refractivity contribution in [3.05, 3.63) is 41.7 Å². The molecule has 2 heterocycles. The number of aromatic nitrogens is 3. The first kappa shape index (κ1) is 10.8. The predicted molar refractivity (Wildman–Crippen MR) is 66.0 cm³/mol. The second kappa shape index (κ2) is 4.50. The highest BCUT2D eigenvalue weighted by atomic mass is 32.2. The van der Waals surface area contributed by atoms with Gasteiger partial charge in [-0.2, -0.15) is 5.10 Å². The second-order valence-electron chi connectivity index (χ2n) is 4.12. The summed E-state index contributed by atoms with van der Waals surface area (Å²) in [6.07, 6.45) is 0.441. The first-order valence-corrected chi connectivity index (χ1v) is 6.58. The Kier molecular flexibility index (Phi) is 2.86. The zero-order chi connectivity index (χ0) is 11.7. The summed E-state index contributed by atoms with van der Waals surface area (Å²) in [7, 11) is 0. The molecule has 0 spiro atoms. The first-order valence-electron chi connectivity index (χ1n) is 5.60. The van der Waals surface area contributed by atoms with Crippen molar-refractivity contribution in [3.8, 4) is 0 Å². The van der Waals surface area contributed by atoms with Crippen LogP contribution in [0.25, 0.3) is 0 Å². The van der Waals surface area contributed by atoms with Gasteiger partial charge in [-0.05, 0) is 5.56 Å². The van der Waals surface area contributed by atoms with Crippen LogP contribution in [0.15, 0.2) is 35.5 Å². The van der Waals surface area contributed by atoms with Gasteiger partial charge < -0.3 is 5.11 Å². The van der Waals surface area contributed by atoms with Crippen LogP contribution in [0, 0.1) is 0 Å². The largest absolute Gasteiger partial charge is 0.390 e. The molecule has 0 fully saturated rings. The van der Waals surface area contributed by atoms with E-state index in [1.54, 1.807) is 16.4 Å². The number of thioether (sulfide) groups is 1. The maximum atomic E-state index is 9.55. The molecule has 0 radical (unpaired) electrons. The zero-order valence-electron chi connectivity index (χ0n) is 9.28. The fourth-order valence-electron chi connectivity index (χ4n) is 1.87. The van der Waals surface area contributed by atoms with Gasteiger partial charge in [0.15, 0.2) is 11.0 Å². The Bertz CT molecular complexity index is 512. The van der Waals surface area contributed by atoms with Crippen LogP contribution in [0.3, 0.4) is 0 Å². The van der Waals surface area contributed by atoms with Crippen LogP contribution in [0.4, 0.5) is 0 Å². The molecule has 1 atom stereocenters. The van der Waals surface area contributed by atoms with Crippen LogP contribution in [0.5, 0.6) is 0 Å². The summed E-state index contributed by atoms with van der Waals surface area (Å²) in [6.45, 7) is 0.560. The molecule has 4 nitrogen and oxygen atoms in total. The van der Waals surface area contributed by atoms with E-state index < -0.39 is 0 Å². The van der Waals surface area contributed by atoms with Crippen molar-refractivity contribution < 1.29 is 5.11 Å². The highest BCUT2D eigenvalue weighted by molar-refractivity contribution is 7.99. The number of fused-ring (bicyclic) bond motifs is 1. The summed E-state index contributed by atoms with van der Waals surface area (Å²) >= 11 is 1.57. The van der Waals surface area contributed by atoms with Crippen LogP contribution < -0.4 is 0 Å². The van der Waals surface area contributed by atoms with E-state index in [2.05, 4.69) is 22.2 Å². The Morgan fingerprint density at radius 3 is 3.00 bits per heavy atom. The van der Waals surface area contributed by atoms with Gasteiger partial charge in [-0.15, -0.1) is 0 Å². The average Bonchev–Trinajstić information content (AvgIpc) is 2.71. The third kappa shape index (κ3) is 2.35. The smallest absolute Gasteiger partial charge is 0.186 e. The van der Waals surface area contributed by atoms with E-state index in [-0.39, 0.29) is 6.10 Å². The number of hydrogen-bond donors (Lipinski definition) is 1. The van der Waals surface area contributed by atoms with E-state index in [1.165, 1.54) is 5.56 Å². The Morgan fingerprint density at radius 1 is 1.35 bits per heavy atom. The number of aliphatic hydroxyl groups is 1. The molecule has 1 unspecified atom stereocenters. The third-order valence-corrected chi connectivity index (χ3v) is 3.79. The maximum Gasteiger partial charge on any atom is 0.186 e. The van der Waals surface area contributed by atoms with E-state index in [0.717, 1.165) is 17.4 Å². The molecule has 3 rings (SSSR count). The van der Waals surface area contributed by atoms with E-state index >= 15 is 0 Å². The lowest BCUT2D eigenvalue weighted by Gasteiger charge is -2.16. The van der Waals surface area contributed by atoms with Gasteiger partial charge in [0.05, 0.1) is 12.6 Å². The molecule has 1 aliphatic rings. The van der Waals surface area contributed by atoms with Gasteiger partial charge in [0, 0.05) is 12.2 Å². The highest BCUT2D eigenvalue weighted by Gasteiger charge is 2.20. The quantitative estimate of drug-likeness (QED) is 0.870. The maximum absolute atomic E-state index is 9.55. The SMILES string of the molecule is OC1CSc2nc(Cc3ccccc3)nn2C1. The number of hydrogen-bond acceptors (Lipinski definition) is 4. The van der Waals surface area contributed by atoms with Crippen molar-refractivity contribution >= 4 is 11.8 Å². The third-order valence-electron chi connectivity index (χ3n) is 2.68. The standard InChI is InChI=1S/C12H13N3OS/c16-10-7-15-12(17-8-10)13-11(14-15)6-9-4-2-1-3-5-9/h1-5,10,16H,6-8H2. The molecule has 0 saturated carbocycles. The van der Waals surface area contributed by atoms with Crippen LogP contribution in [0.2, 0.25) is 0 Å². The first-order chi connectivity index (χ1) is 8.31. The minimum atomic E-state index is -0.307. The molecule has 0 amide bonds. The van der Waals surface area contributed by atoms with Gasteiger partial charge in [0.2, 0.25) is 0 Å². The Morgan fingerprint density at radius 2 is 2.18 bits per heavy atom. The molecule has 0 aliphatic carbocycles. The molecular weight excluding hydrogens is 234 g/mol. The normalized spacial score (nSPS) is 19.0. The number of rotatable bonds is 2. The monoisotopic (exact) mass is 247 g/mol. The highest BCUT2D eigenvalue weighted by Crippen LogP contribution is 2.23. The lowest BCUT2D eigenvalue weighted by atomic mass is 10.1. The lowest BCUT2D eigenvalue weighted by Crippen LogP contribution is -2.24. The summed E-state index contributed by atoms with van der Waals surface area (Å²) < 4.78 is 1.80. The van der Waals surface area contributed by atoms with Gasteiger partial charge in [-0.3, -0.25) is 0 Å². The van der Waals surface area contributed by atoms with Crippen LogP contribution in [-0.2, 0) is 13.0 Å². The van der Waals surface area contributed by atoms with Crippen molar-refractivity contribution in [1.82, 2.24) is 14.8 Å². The van der Waals surface area contributed by atoms with Crippen molar-refractivity contribution in [3.63, 3.8) is 0 Å². The Hall–Kier alpha value is -1.33. The van der Waals surface area contributed by atoms with Crippen LogP contribution >= 0.6 is 11.8 Å². The molecule has 88 valence electrons. The number of aliphatic hydroxyl groups excluding tert-OH is 1. The van der Waals surface area contributed by atoms with Crippen molar-refractivity contribution in [2.75, 3.05) is 5.75 Å². The average molecular weight is 247 g/mol. The summed E-state index contributed by atoms with van der Waals surface area (Å²) in [4.78, 5) is 4.48. The number of benzene rings is 1. The summed E-state index contributed by atoms with van der Waals surface area (Å²) in [5, 5.41) is 14.9. The Labute approximate surface area is 104 Å². The van der Waals surface area contributed by atoms with Gasteiger partial charge in [-0.1, -0.05) is 42.1 Å². The fraction of sp³-hybridized carbons (Fsp3) is 0.333. The molecule has 0 saturated heterocycles. The van der Waals surface area contributed by atoms with Gasteiger partial charge in [0.25, 0.3) is 0 Å². The molecular formula is C12H13N3OS. The van der Waals surface area contributed by atoms with Gasteiger partial charge in [-0.25, -0.2) is 9.67 Å². The molecule has 1 aromatic heterocycles. The number of nitrogens with zero attached hydrogens (tertiary/aromatic N) is 3. The fourth-order valence-corrected chi connectivity index (χ4v) is 2.76. The lowest BCUT2D eigenvalue weighted by molar-refractivity contribution is 0.164. The van der Waals surface area contributed by atoms with Gasteiger partial charge >= 0.3 is 0 Å². The second-order valence-corrected chi connectivity index (χ2v) is 5.11. The van der Waals surface area contributed by atoms with Crippen molar-refractivity contribution in [2.24, 2.45) is 0 Å². The summed E-state index contributed by atoms with van der Waals surface area (Å²) in [5.41, 5.74) is 1.21. The van der Waals surface area contributed by atoms with E-state index in [4.69, 9.17) is 0 Å². The molecule has 0 bridgehead atoms. The Balaban J connectivity index is 1.81. The van der Waals surface area contributed by atoms with Crippen molar-refractivity contribution in [1.29, 1.82) is 0 Å². The van der Waals surface area contributed by atoms with E-state index in [1.807, 2.05) is 18.2 Å². The van der Waals surface area contributed by atoms with E-state index in [0.29, 0.717) is 12.3 Å². The minimum absolute atomic E-state index is 0.307. The predicted octanol–water partition coefficient (Wildman–Crippen LogP) is 1.34. The van der Waals surface area contributed by atoms with Crippen LogP contribution in [-0.4, -0.2) is 31.7 Å². The molecule has 1 aromatic carbocycles. The summed E-state index contributed by atoms with van der Waals surface area (Å²) in [6, 6.07) is 10.2. The molecule has 17 heavy (non-hydrogen) atoms. The molecule has 1 N–H and O–H groups in total. The summed E-state index contributed by atoms with van der Waals surface area (Å²) in [5.74, 6) is 1.54. The minimum Gasteiger partial charge on any atom is -0.390 e. The van der Waals surface area contributed by atoms with Crippen molar-refractivity contribution in [2.45, 2.75) is 24.2 Å². The van der Waals surface area contributed by atoms with Gasteiger partial charge in [0.1, 0.15) is 0 Å². The molecule has 5 heteroatoms. The molecule has 1 aliphatic heterocycles. The molecule has 2 aromatic rings. The van der Waals surface area contributed by atoms with Crippen LogP contribution in [0.1, 0.15) is 11.4 Å². The van der Waals surface area contributed by atoms with E-state index in [9.17, 15) is 5.11 Å².